The molecule has 2 aliphatic rings. The molecule has 1 heterocycles. The van der Waals surface area contributed by atoms with Crippen LogP contribution in [0.2, 0.25) is 0 Å². The standard InChI is InChI=1S/C49H39N3/c1-49(2)45-16-10-9-15-43(45)44-30-29-42(31-46(44)49)52(40-25-21-37(22-26-40)35-13-7-4-8-14-35)41-27-23-39(24-28-41)48-32-47(50-33-51-48)38-19-17-36(18-20-38)34-11-5-3-6-12-34/h3-7,9-13,15-33H,8,14H2,1-2H3. The van der Waals surface area contributed by atoms with Crippen LogP contribution in [-0.4, -0.2) is 9.97 Å². The fourth-order valence-electron chi connectivity index (χ4n) is 7.86. The van der Waals surface area contributed by atoms with Gasteiger partial charge in [0.05, 0.1) is 11.4 Å². The molecule has 2 aliphatic carbocycles. The van der Waals surface area contributed by atoms with Crippen molar-refractivity contribution in [3.63, 3.8) is 0 Å². The van der Waals surface area contributed by atoms with E-state index < -0.39 is 0 Å². The van der Waals surface area contributed by atoms with Gasteiger partial charge in [-0.2, -0.15) is 0 Å². The van der Waals surface area contributed by atoms with Crippen molar-refractivity contribution in [3.8, 4) is 44.8 Å². The molecule has 0 N–H and O–H groups in total. The Balaban J connectivity index is 1.06. The van der Waals surface area contributed by atoms with Crippen LogP contribution < -0.4 is 4.90 Å². The summed E-state index contributed by atoms with van der Waals surface area (Å²) in [6.07, 6.45) is 10.5. The zero-order valence-corrected chi connectivity index (χ0v) is 29.5. The summed E-state index contributed by atoms with van der Waals surface area (Å²) in [4.78, 5) is 11.7. The molecular formula is C49H39N3. The zero-order chi connectivity index (χ0) is 35.1. The van der Waals surface area contributed by atoms with E-state index >= 15 is 0 Å². The first-order chi connectivity index (χ1) is 25.5. The molecule has 250 valence electrons. The molecule has 0 atom stereocenters. The summed E-state index contributed by atoms with van der Waals surface area (Å²) < 4.78 is 0. The van der Waals surface area contributed by atoms with Gasteiger partial charge in [0.2, 0.25) is 0 Å². The molecule has 9 rings (SSSR count). The summed E-state index contributed by atoms with van der Waals surface area (Å²) in [5.41, 5.74) is 17.6. The molecule has 0 fully saturated rings. The van der Waals surface area contributed by atoms with Crippen molar-refractivity contribution in [1.29, 1.82) is 0 Å². The van der Waals surface area contributed by atoms with Gasteiger partial charge < -0.3 is 4.90 Å². The van der Waals surface area contributed by atoms with E-state index in [9.17, 15) is 0 Å². The summed E-state index contributed by atoms with van der Waals surface area (Å²) in [5, 5.41) is 0. The smallest absolute Gasteiger partial charge is 0.116 e. The Hall–Kier alpha value is -6.32. The minimum Gasteiger partial charge on any atom is -0.310 e. The monoisotopic (exact) mass is 669 g/mol. The second-order valence-corrected chi connectivity index (χ2v) is 14.2. The van der Waals surface area contributed by atoms with Crippen molar-refractivity contribution in [3.05, 3.63) is 193 Å². The van der Waals surface area contributed by atoms with Crippen molar-refractivity contribution in [2.24, 2.45) is 0 Å². The maximum Gasteiger partial charge on any atom is 0.116 e. The third-order valence-corrected chi connectivity index (χ3v) is 10.7. The normalized spacial score (nSPS) is 14.0. The van der Waals surface area contributed by atoms with Crippen molar-refractivity contribution in [1.82, 2.24) is 9.97 Å². The molecule has 0 amide bonds. The number of hydrogen-bond donors (Lipinski definition) is 0. The Morgan fingerprint density at radius 3 is 1.73 bits per heavy atom. The van der Waals surface area contributed by atoms with Crippen LogP contribution >= 0.6 is 0 Å². The highest BCUT2D eigenvalue weighted by Crippen LogP contribution is 2.50. The van der Waals surface area contributed by atoms with Crippen LogP contribution in [0.4, 0.5) is 17.1 Å². The van der Waals surface area contributed by atoms with Crippen molar-refractivity contribution < 1.29 is 0 Å². The molecule has 1 aromatic heterocycles. The van der Waals surface area contributed by atoms with E-state index in [1.54, 1.807) is 6.33 Å². The van der Waals surface area contributed by atoms with E-state index in [1.165, 1.54) is 44.5 Å². The Kier molecular flexibility index (Phi) is 7.97. The van der Waals surface area contributed by atoms with Gasteiger partial charge in [-0.1, -0.05) is 141 Å². The number of benzene rings is 6. The second-order valence-electron chi connectivity index (χ2n) is 14.2. The molecular weight excluding hydrogens is 631 g/mol. The number of anilines is 3. The predicted molar refractivity (Wildman–Crippen MR) is 217 cm³/mol. The van der Waals surface area contributed by atoms with Crippen LogP contribution in [0.3, 0.4) is 0 Å². The number of aromatic nitrogens is 2. The molecule has 0 radical (unpaired) electrons. The molecule has 3 nitrogen and oxygen atoms in total. The summed E-state index contributed by atoms with van der Waals surface area (Å²) in [7, 11) is 0. The SMILES string of the molecule is CC1(C)c2ccccc2-c2ccc(N(c3ccc(C4=CC=CCC4)cc3)c3ccc(-c4cc(-c5ccc(-c6ccccc6)cc5)ncn4)cc3)cc21. The van der Waals surface area contributed by atoms with Gasteiger partial charge in [-0.05, 0) is 99.8 Å². The summed E-state index contributed by atoms with van der Waals surface area (Å²) in [6.45, 7) is 4.69. The average molecular weight is 670 g/mol. The van der Waals surface area contributed by atoms with E-state index in [1.807, 2.05) is 6.07 Å². The van der Waals surface area contributed by atoms with Gasteiger partial charge in [-0.15, -0.1) is 0 Å². The fourth-order valence-corrected chi connectivity index (χ4v) is 7.86. The largest absolute Gasteiger partial charge is 0.310 e. The van der Waals surface area contributed by atoms with Crippen LogP contribution in [-0.2, 0) is 5.41 Å². The molecule has 0 saturated carbocycles. The van der Waals surface area contributed by atoms with Crippen molar-refractivity contribution in [2.45, 2.75) is 32.1 Å². The minimum absolute atomic E-state index is 0.0884. The number of nitrogens with zero attached hydrogens (tertiary/aromatic N) is 3. The van der Waals surface area contributed by atoms with Gasteiger partial charge >= 0.3 is 0 Å². The highest BCUT2D eigenvalue weighted by molar-refractivity contribution is 5.86. The van der Waals surface area contributed by atoms with E-state index in [2.05, 4.69) is 193 Å². The van der Waals surface area contributed by atoms with E-state index in [4.69, 9.17) is 0 Å². The highest BCUT2D eigenvalue weighted by Gasteiger charge is 2.35. The Morgan fingerprint density at radius 1 is 0.500 bits per heavy atom. The molecule has 0 saturated heterocycles. The lowest BCUT2D eigenvalue weighted by molar-refractivity contribution is 0.660. The van der Waals surface area contributed by atoms with Crippen LogP contribution in [0.15, 0.2) is 176 Å². The van der Waals surface area contributed by atoms with E-state index in [0.717, 1.165) is 52.4 Å². The van der Waals surface area contributed by atoms with Gasteiger partial charge in [0.25, 0.3) is 0 Å². The van der Waals surface area contributed by atoms with Crippen molar-refractivity contribution >= 4 is 22.6 Å². The number of allylic oxidation sites excluding steroid dienone is 4. The van der Waals surface area contributed by atoms with Crippen LogP contribution in [0, 0.1) is 0 Å². The minimum atomic E-state index is -0.0884. The molecule has 0 unspecified atom stereocenters. The second kappa shape index (κ2) is 13.1. The molecule has 3 heteroatoms. The third-order valence-electron chi connectivity index (χ3n) is 10.7. The molecule has 6 aromatic carbocycles. The first kappa shape index (κ1) is 31.6. The van der Waals surface area contributed by atoms with Crippen LogP contribution in [0.5, 0.6) is 0 Å². The Morgan fingerprint density at radius 2 is 1.06 bits per heavy atom. The summed E-state index contributed by atoms with van der Waals surface area (Å²) >= 11 is 0. The number of rotatable bonds is 7. The third kappa shape index (κ3) is 5.75. The lowest BCUT2D eigenvalue weighted by Gasteiger charge is -2.28. The number of fused-ring (bicyclic) bond motifs is 3. The predicted octanol–water partition coefficient (Wildman–Crippen LogP) is 13.0. The molecule has 0 bridgehead atoms. The Bertz CT molecular complexity index is 2450. The zero-order valence-electron chi connectivity index (χ0n) is 29.5. The van der Waals surface area contributed by atoms with Gasteiger partial charge in [-0.3, -0.25) is 0 Å². The number of hydrogen-bond acceptors (Lipinski definition) is 3. The van der Waals surface area contributed by atoms with Crippen molar-refractivity contribution in [2.75, 3.05) is 4.90 Å². The molecule has 52 heavy (non-hydrogen) atoms. The molecule has 0 aliphatic heterocycles. The topological polar surface area (TPSA) is 29.0 Å². The van der Waals surface area contributed by atoms with E-state index in [-0.39, 0.29) is 5.41 Å². The highest BCUT2D eigenvalue weighted by atomic mass is 15.1. The molecule has 7 aromatic rings. The fraction of sp³-hybridized carbons (Fsp3) is 0.102. The maximum absolute atomic E-state index is 4.69. The van der Waals surface area contributed by atoms with Gasteiger partial charge in [-0.25, -0.2) is 9.97 Å². The van der Waals surface area contributed by atoms with Crippen LogP contribution in [0.1, 0.15) is 43.4 Å². The lowest BCUT2D eigenvalue weighted by atomic mass is 9.82. The van der Waals surface area contributed by atoms with Gasteiger partial charge in [0.15, 0.2) is 0 Å². The van der Waals surface area contributed by atoms with E-state index in [0.29, 0.717) is 0 Å². The summed E-state index contributed by atoms with van der Waals surface area (Å²) in [5.74, 6) is 0. The van der Waals surface area contributed by atoms with Gasteiger partial charge in [0.1, 0.15) is 6.33 Å². The molecule has 0 spiro atoms. The van der Waals surface area contributed by atoms with Crippen LogP contribution in [0.25, 0.3) is 50.3 Å². The average Bonchev–Trinajstić information content (AvgIpc) is 3.45. The first-order valence-corrected chi connectivity index (χ1v) is 18.1. The maximum atomic E-state index is 4.69. The first-order valence-electron chi connectivity index (χ1n) is 18.1. The quantitative estimate of drug-likeness (QED) is 0.169. The Labute approximate surface area is 306 Å². The summed E-state index contributed by atoms with van der Waals surface area (Å²) in [6, 6.07) is 54.7. The lowest BCUT2D eigenvalue weighted by Crippen LogP contribution is -2.16. The van der Waals surface area contributed by atoms with Gasteiger partial charge in [0, 0.05) is 33.6 Å².